The molecule has 3 aromatic rings. The molecule has 0 saturated carbocycles. The number of carbonyl (C=O) groups excluding carboxylic acids is 4. The van der Waals surface area contributed by atoms with Gasteiger partial charge in [-0.2, -0.15) is 0 Å². The van der Waals surface area contributed by atoms with Crippen molar-refractivity contribution in [3.63, 3.8) is 0 Å². The highest BCUT2D eigenvalue weighted by atomic mass is 79.9. The lowest BCUT2D eigenvalue weighted by Gasteiger charge is -2.12. The second-order valence-electron chi connectivity index (χ2n) is 7.72. The standard InChI is InChI=1S/C28H25BrN2O5S/c1-2-36-26(33)17-23(32)18-37-24-10-6-9-22(16-24)30-28(35)25(15-19-11-13-21(29)14-12-19)31-27(34)20-7-4-3-5-8-20/h3-16H,2,17-18H2,1H3,(H,30,35)(H,31,34)/b25-15-. The van der Waals surface area contributed by atoms with Crippen molar-refractivity contribution in [3.8, 4) is 0 Å². The lowest BCUT2D eigenvalue weighted by atomic mass is 10.1. The van der Waals surface area contributed by atoms with E-state index < -0.39 is 17.8 Å². The number of Topliss-reactive ketones (excluding diaryl/α,β-unsaturated/α-hetero) is 1. The molecule has 0 fully saturated rings. The molecular formula is C28H25BrN2O5S. The smallest absolute Gasteiger partial charge is 0.313 e. The zero-order valence-electron chi connectivity index (χ0n) is 20.0. The van der Waals surface area contributed by atoms with Crippen LogP contribution < -0.4 is 10.6 Å². The van der Waals surface area contributed by atoms with Gasteiger partial charge >= 0.3 is 5.97 Å². The van der Waals surface area contributed by atoms with E-state index >= 15 is 0 Å². The van der Waals surface area contributed by atoms with Gasteiger partial charge in [0.15, 0.2) is 5.78 Å². The molecule has 0 radical (unpaired) electrons. The fourth-order valence-electron chi connectivity index (χ4n) is 3.12. The average molecular weight is 581 g/mol. The van der Waals surface area contributed by atoms with Crippen LogP contribution in [-0.2, 0) is 19.1 Å². The number of hydrogen-bond donors (Lipinski definition) is 2. The van der Waals surface area contributed by atoms with Gasteiger partial charge in [0.2, 0.25) is 0 Å². The predicted octanol–water partition coefficient (Wildman–Crippen LogP) is 5.47. The van der Waals surface area contributed by atoms with Crippen LogP contribution in [-0.4, -0.2) is 35.9 Å². The molecule has 0 aliphatic carbocycles. The summed E-state index contributed by atoms with van der Waals surface area (Å²) in [5.74, 6) is -1.62. The molecular weight excluding hydrogens is 556 g/mol. The molecule has 0 aromatic heterocycles. The first-order valence-corrected chi connectivity index (χ1v) is 13.2. The van der Waals surface area contributed by atoms with Crippen molar-refractivity contribution in [2.24, 2.45) is 0 Å². The number of esters is 1. The molecule has 0 aliphatic rings. The van der Waals surface area contributed by atoms with Crippen molar-refractivity contribution >= 4 is 63.0 Å². The number of nitrogens with one attached hydrogen (secondary N) is 2. The fourth-order valence-corrected chi connectivity index (χ4v) is 4.20. The van der Waals surface area contributed by atoms with Gasteiger partial charge in [0.25, 0.3) is 11.8 Å². The van der Waals surface area contributed by atoms with E-state index in [1.165, 1.54) is 11.8 Å². The zero-order chi connectivity index (χ0) is 26.6. The van der Waals surface area contributed by atoms with Gasteiger partial charge in [0, 0.05) is 20.6 Å². The van der Waals surface area contributed by atoms with Gasteiger partial charge in [-0.05, 0) is 61.0 Å². The summed E-state index contributed by atoms with van der Waals surface area (Å²) in [5, 5.41) is 5.51. The molecule has 0 aliphatic heterocycles. The third-order valence-electron chi connectivity index (χ3n) is 4.85. The quantitative estimate of drug-likeness (QED) is 0.135. The van der Waals surface area contributed by atoms with Crippen molar-refractivity contribution in [2.75, 3.05) is 17.7 Å². The highest BCUT2D eigenvalue weighted by Crippen LogP contribution is 2.23. The van der Waals surface area contributed by atoms with E-state index in [0.29, 0.717) is 11.3 Å². The molecule has 0 unspecified atom stereocenters. The summed E-state index contributed by atoms with van der Waals surface area (Å²) in [6, 6.07) is 22.9. The Morgan fingerprint density at radius 3 is 2.38 bits per heavy atom. The van der Waals surface area contributed by atoms with Crippen LogP contribution in [0.3, 0.4) is 0 Å². The monoisotopic (exact) mass is 580 g/mol. The van der Waals surface area contributed by atoms with E-state index in [9.17, 15) is 19.2 Å². The van der Waals surface area contributed by atoms with Crippen LogP contribution in [0.4, 0.5) is 5.69 Å². The maximum absolute atomic E-state index is 13.2. The molecule has 37 heavy (non-hydrogen) atoms. The second kappa shape index (κ2) is 14.2. The lowest BCUT2D eigenvalue weighted by Crippen LogP contribution is -2.30. The van der Waals surface area contributed by atoms with Gasteiger partial charge in [-0.1, -0.05) is 52.3 Å². The van der Waals surface area contributed by atoms with Crippen molar-refractivity contribution < 1.29 is 23.9 Å². The normalized spacial score (nSPS) is 10.9. The van der Waals surface area contributed by atoms with Crippen LogP contribution in [0.25, 0.3) is 6.08 Å². The molecule has 2 N–H and O–H groups in total. The summed E-state index contributed by atoms with van der Waals surface area (Å²) in [6.07, 6.45) is 1.32. The first-order valence-electron chi connectivity index (χ1n) is 11.4. The number of carbonyl (C=O) groups is 4. The van der Waals surface area contributed by atoms with Crippen LogP contribution in [0, 0.1) is 0 Å². The number of benzene rings is 3. The van der Waals surface area contributed by atoms with E-state index in [2.05, 4.69) is 26.6 Å². The molecule has 0 bridgehead atoms. The summed E-state index contributed by atoms with van der Waals surface area (Å²) in [5.41, 5.74) is 1.70. The Bertz CT molecular complexity index is 1290. The number of hydrogen-bond acceptors (Lipinski definition) is 6. The maximum Gasteiger partial charge on any atom is 0.313 e. The van der Waals surface area contributed by atoms with Gasteiger partial charge in [-0.25, -0.2) is 0 Å². The van der Waals surface area contributed by atoms with E-state index in [0.717, 1.165) is 14.9 Å². The second-order valence-corrected chi connectivity index (χ2v) is 9.69. The van der Waals surface area contributed by atoms with Crippen molar-refractivity contribution in [1.82, 2.24) is 5.32 Å². The van der Waals surface area contributed by atoms with Crippen LogP contribution in [0.15, 0.2) is 93.9 Å². The molecule has 0 spiro atoms. The molecule has 2 amide bonds. The van der Waals surface area contributed by atoms with Crippen molar-refractivity contribution in [2.45, 2.75) is 18.2 Å². The number of rotatable bonds is 11. The van der Waals surface area contributed by atoms with E-state index in [1.54, 1.807) is 67.6 Å². The number of ether oxygens (including phenoxy) is 1. The molecule has 3 aromatic carbocycles. The first kappa shape index (κ1) is 27.9. The number of ketones is 1. The van der Waals surface area contributed by atoms with Gasteiger partial charge in [-0.15, -0.1) is 11.8 Å². The molecule has 190 valence electrons. The Hall–Kier alpha value is -3.69. The summed E-state index contributed by atoms with van der Waals surface area (Å²) in [4.78, 5) is 50.2. The van der Waals surface area contributed by atoms with Gasteiger partial charge in [-0.3, -0.25) is 19.2 Å². The highest BCUT2D eigenvalue weighted by molar-refractivity contribution is 9.10. The van der Waals surface area contributed by atoms with E-state index in [1.807, 2.05) is 24.3 Å². The number of thioether (sulfide) groups is 1. The average Bonchev–Trinajstić information content (AvgIpc) is 2.89. The van der Waals surface area contributed by atoms with Crippen LogP contribution in [0.2, 0.25) is 0 Å². The maximum atomic E-state index is 13.2. The van der Waals surface area contributed by atoms with Gasteiger partial charge < -0.3 is 15.4 Å². The minimum Gasteiger partial charge on any atom is -0.466 e. The molecule has 3 rings (SSSR count). The largest absolute Gasteiger partial charge is 0.466 e. The zero-order valence-corrected chi connectivity index (χ0v) is 22.4. The summed E-state index contributed by atoms with van der Waals surface area (Å²) in [7, 11) is 0. The van der Waals surface area contributed by atoms with Crippen LogP contribution in [0.5, 0.6) is 0 Å². The highest BCUT2D eigenvalue weighted by Gasteiger charge is 2.16. The number of halogens is 1. The summed E-state index contributed by atoms with van der Waals surface area (Å²) < 4.78 is 5.69. The third kappa shape index (κ3) is 9.36. The summed E-state index contributed by atoms with van der Waals surface area (Å²) >= 11 is 4.64. The first-order chi connectivity index (χ1) is 17.8. The number of anilines is 1. The topological polar surface area (TPSA) is 102 Å². The molecule has 7 nitrogen and oxygen atoms in total. The van der Waals surface area contributed by atoms with Gasteiger partial charge in [0.1, 0.15) is 12.1 Å². The van der Waals surface area contributed by atoms with E-state index in [-0.39, 0.29) is 30.3 Å². The van der Waals surface area contributed by atoms with E-state index in [4.69, 9.17) is 4.74 Å². The molecule has 0 saturated heterocycles. The third-order valence-corrected chi connectivity index (χ3v) is 6.43. The minimum absolute atomic E-state index is 0.0684. The Kier molecular flexibility index (Phi) is 10.7. The van der Waals surface area contributed by atoms with Crippen LogP contribution >= 0.6 is 27.7 Å². The number of amides is 2. The minimum atomic E-state index is -0.545. The van der Waals surface area contributed by atoms with Crippen LogP contribution in [0.1, 0.15) is 29.3 Å². The predicted molar refractivity (Wildman–Crippen MR) is 148 cm³/mol. The molecule has 9 heteroatoms. The Labute approximate surface area is 227 Å². The lowest BCUT2D eigenvalue weighted by molar-refractivity contribution is -0.145. The molecule has 0 heterocycles. The van der Waals surface area contributed by atoms with Crippen molar-refractivity contribution in [3.05, 3.63) is 100 Å². The fraction of sp³-hybridized carbons (Fsp3) is 0.143. The Morgan fingerprint density at radius 2 is 1.68 bits per heavy atom. The summed E-state index contributed by atoms with van der Waals surface area (Å²) in [6.45, 7) is 1.91. The Morgan fingerprint density at radius 1 is 0.946 bits per heavy atom. The SMILES string of the molecule is CCOC(=O)CC(=O)CSc1cccc(NC(=O)/C(=C/c2ccc(Br)cc2)NC(=O)c2ccccc2)c1. The van der Waals surface area contributed by atoms with Crippen molar-refractivity contribution in [1.29, 1.82) is 0 Å². The molecule has 0 atom stereocenters. The van der Waals surface area contributed by atoms with Gasteiger partial charge in [0.05, 0.1) is 12.4 Å². The Balaban J connectivity index is 1.72.